The van der Waals surface area contributed by atoms with Crippen LogP contribution in [0, 0.1) is 46.3 Å². The van der Waals surface area contributed by atoms with E-state index in [-0.39, 0.29) is 53.1 Å². The van der Waals surface area contributed by atoms with Gasteiger partial charge >= 0.3 is 0 Å². The quantitative estimate of drug-likeness (QED) is 0.444. The number of ketones is 1. The van der Waals surface area contributed by atoms with Gasteiger partial charge in [-0.3, -0.25) is 8.98 Å². The molecule has 4 rings (SSSR count). The van der Waals surface area contributed by atoms with Gasteiger partial charge in [-0.05, 0) is 85.9 Å². The monoisotopic (exact) mass is 484 g/mol. The molecule has 4 aliphatic carbocycles. The Morgan fingerprint density at radius 1 is 1.24 bits per heavy atom. The normalized spacial score (nSPS) is 46.2. The minimum absolute atomic E-state index is 0.0220. The van der Waals surface area contributed by atoms with Crippen LogP contribution in [0.5, 0.6) is 0 Å². The first kappa shape index (κ1) is 25.1. The number of carboxylic acids is 1. The molecular formula is C24H36O8S-2. The zero-order valence-electron chi connectivity index (χ0n) is 19.7. The largest absolute Gasteiger partial charge is 0.726 e. The van der Waals surface area contributed by atoms with Gasteiger partial charge in [0.2, 0.25) is 10.4 Å². The summed E-state index contributed by atoms with van der Waals surface area (Å²) in [6.07, 6.45) is 2.99. The zero-order valence-corrected chi connectivity index (χ0v) is 20.5. The van der Waals surface area contributed by atoms with Crippen LogP contribution in [-0.2, 0) is 24.2 Å². The van der Waals surface area contributed by atoms with Gasteiger partial charge in [0, 0.05) is 24.2 Å². The molecule has 8 nitrogen and oxygen atoms in total. The van der Waals surface area contributed by atoms with E-state index in [1.165, 1.54) is 0 Å². The molecule has 1 N–H and O–H groups in total. The van der Waals surface area contributed by atoms with Gasteiger partial charge in [0.05, 0.1) is 12.2 Å². The van der Waals surface area contributed by atoms with Gasteiger partial charge in [0.25, 0.3) is 0 Å². The van der Waals surface area contributed by atoms with Gasteiger partial charge < -0.3 is 19.6 Å². The Balaban J connectivity index is 1.72. The van der Waals surface area contributed by atoms with Crippen LogP contribution in [0.15, 0.2) is 0 Å². The van der Waals surface area contributed by atoms with Crippen LogP contribution >= 0.6 is 0 Å². The first-order valence-electron chi connectivity index (χ1n) is 12.3. The lowest BCUT2D eigenvalue weighted by atomic mass is 9.43. The van der Waals surface area contributed by atoms with Crippen LogP contribution in [0.2, 0.25) is 0 Å². The van der Waals surface area contributed by atoms with E-state index in [2.05, 4.69) is 6.92 Å². The van der Waals surface area contributed by atoms with Crippen LogP contribution in [0.4, 0.5) is 0 Å². The van der Waals surface area contributed by atoms with Crippen molar-refractivity contribution in [3.05, 3.63) is 0 Å². The second kappa shape index (κ2) is 8.57. The second-order valence-electron chi connectivity index (χ2n) is 11.7. The molecule has 188 valence electrons. The number of aliphatic carboxylic acids is 1. The highest BCUT2D eigenvalue weighted by atomic mass is 32.3. The summed E-state index contributed by atoms with van der Waals surface area (Å²) in [5, 5.41) is 22.4. The van der Waals surface area contributed by atoms with E-state index >= 15 is 0 Å². The van der Waals surface area contributed by atoms with E-state index in [0.717, 1.165) is 12.8 Å². The third-order valence-corrected chi connectivity index (χ3v) is 10.8. The Kier molecular flexibility index (Phi) is 6.51. The molecule has 4 fully saturated rings. The topological polar surface area (TPSA) is 144 Å². The maximum absolute atomic E-state index is 12.2. The summed E-state index contributed by atoms with van der Waals surface area (Å²) in [5.41, 5.74) is -0.884. The maximum atomic E-state index is 12.2. The minimum Gasteiger partial charge on any atom is -0.726 e. The van der Waals surface area contributed by atoms with Crippen molar-refractivity contribution < 1.29 is 37.0 Å². The maximum Gasteiger partial charge on any atom is 0.217 e. The Morgan fingerprint density at radius 3 is 2.58 bits per heavy atom. The number of carbonyl (C=O) groups is 2. The fourth-order valence-electron chi connectivity index (χ4n) is 8.75. The van der Waals surface area contributed by atoms with Gasteiger partial charge in [0.1, 0.15) is 5.78 Å². The van der Waals surface area contributed by atoms with E-state index in [1.54, 1.807) is 0 Å². The first-order chi connectivity index (χ1) is 15.3. The van der Waals surface area contributed by atoms with Crippen molar-refractivity contribution in [3.63, 3.8) is 0 Å². The molecule has 0 aromatic rings. The molecular weight excluding hydrogens is 448 g/mol. The predicted octanol–water partition coefficient (Wildman–Crippen LogP) is 1.81. The lowest BCUT2D eigenvalue weighted by molar-refractivity contribution is -0.306. The van der Waals surface area contributed by atoms with Crippen molar-refractivity contribution in [2.75, 3.05) is 0 Å². The Bertz CT molecular complexity index is 902. The molecule has 0 aromatic heterocycles. The number of rotatable bonds is 6. The number of carbonyl (C=O) groups excluding carboxylic acids is 2. The summed E-state index contributed by atoms with van der Waals surface area (Å²) in [4.78, 5) is 23.2. The molecule has 0 heterocycles. The van der Waals surface area contributed by atoms with Crippen molar-refractivity contribution >= 4 is 22.2 Å². The number of hydrogen-bond donors (Lipinski definition) is 1. The number of aliphatic hydroxyl groups is 1. The molecule has 10 atom stereocenters. The van der Waals surface area contributed by atoms with Gasteiger partial charge in [-0.15, -0.1) is 0 Å². The third-order valence-electron chi connectivity index (χ3n) is 10.4. The molecule has 9 heteroatoms. The molecule has 0 bridgehead atoms. The molecule has 4 aliphatic rings. The van der Waals surface area contributed by atoms with Crippen LogP contribution in [0.25, 0.3) is 0 Å². The van der Waals surface area contributed by atoms with E-state index in [0.29, 0.717) is 38.5 Å². The van der Waals surface area contributed by atoms with Crippen molar-refractivity contribution in [2.24, 2.45) is 46.3 Å². The van der Waals surface area contributed by atoms with Crippen molar-refractivity contribution in [2.45, 2.75) is 90.8 Å². The summed E-state index contributed by atoms with van der Waals surface area (Å²) in [6, 6.07) is 0. The number of aliphatic hydroxyl groups excluding tert-OH is 1. The van der Waals surface area contributed by atoms with Crippen LogP contribution in [-0.4, -0.2) is 42.0 Å². The molecule has 0 aromatic carbocycles. The standard InChI is InChI=1S/C24H38O8S/c1-13(4-7-21(27)28)16-5-6-17-22-18(12-20(24(16,17)3)32-33(29,30)31)23(2)9-8-15(25)10-14(23)11-19(22)26/h13-14,16-20,22,26H,4-12H2,1-3H3,(H,27,28)(H,29,30,31)/p-2/t13-,14+,16-,17+,18+,19-,20+,22+,23+,24-/m1/s1. The lowest BCUT2D eigenvalue weighted by Crippen LogP contribution is -2.62. The average Bonchev–Trinajstić information content (AvgIpc) is 3.05. The molecule has 0 saturated heterocycles. The number of fused-ring (bicyclic) bond motifs is 5. The molecule has 0 spiro atoms. The highest BCUT2D eigenvalue weighted by molar-refractivity contribution is 7.80. The fourth-order valence-corrected chi connectivity index (χ4v) is 9.32. The molecule has 4 saturated carbocycles. The highest BCUT2D eigenvalue weighted by Gasteiger charge is 2.66. The van der Waals surface area contributed by atoms with Crippen LogP contribution < -0.4 is 5.11 Å². The number of Topliss-reactive ketones (excluding diaryl/α,β-unsaturated/α-hetero) is 1. The van der Waals surface area contributed by atoms with Crippen molar-refractivity contribution in [3.8, 4) is 0 Å². The van der Waals surface area contributed by atoms with E-state index in [1.807, 2.05) is 13.8 Å². The van der Waals surface area contributed by atoms with E-state index in [9.17, 15) is 32.8 Å². The highest BCUT2D eigenvalue weighted by Crippen LogP contribution is 2.68. The summed E-state index contributed by atoms with van der Waals surface area (Å²) in [5.74, 6) is -1.05. The van der Waals surface area contributed by atoms with Crippen molar-refractivity contribution in [1.82, 2.24) is 0 Å². The van der Waals surface area contributed by atoms with Gasteiger partial charge in [-0.2, -0.15) is 0 Å². The summed E-state index contributed by atoms with van der Waals surface area (Å²) in [7, 11) is -4.96. The van der Waals surface area contributed by atoms with E-state index in [4.69, 9.17) is 4.18 Å². The Morgan fingerprint density at radius 2 is 1.94 bits per heavy atom. The molecule has 33 heavy (non-hydrogen) atoms. The van der Waals surface area contributed by atoms with Crippen molar-refractivity contribution in [1.29, 1.82) is 0 Å². The Hall–Kier alpha value is -1.03. The summed E-state index contributed by atoms with van der Waals surface area (Å²) >= 11 is 0. The Labute approximate surface area is 196 Å². The fraction of sp³-hybridized carbons (Fsp3) is 0.917. The third kappa shape index (κ3) is 4.28. The van der Waals surface area contributed by atoms with Gasteiger partial charge in [-0.25, -0.2) is 8.42 Å². The summed E-state index contributed by atoms with van der Waals surface area (Å²) in [6.45, 7) is 6.11. The van der Waals surface area contributed by atoms with Crippen LogP contribution in [0.3, 0.4) is 0 Å². The van der Waals surface area contributed by atoms with E-state index < -0.39 is 34.0 Å². The molecule has 0 amide bonds. The first-order valence-corrected chi connectivity index (χ1v) is 13.6. The SMILES string of the molecule is C[C@H](CCC(=O)[O-])[C@H]1CC[C@H]2[C@@H]3[C@H](O)C[C@@H]4CC(=O)CC[C@]4(C)[C@H]3C[C@H](OS(=O)(=O)[O-])[C@]12C. The molecule has 0 radical (unpaired) electrons. The smallest absolute Gasteiger partial charge is 0.217 e. The number of hydrogen-bond acceptors (Lipinski definition) is 8. The number of carboxylic acid groups (broad SMARTS) is 1. The zero-order chi connectivity index (χ0) is 24.3. The summed E-state index contributed by atoms with van der Waals surface area (Å²) < 4.78 is 40.7. The van der Waals surface area contributed by atoms with Gasteiger partial charge in [0.15, 0.2) is 0 Å². The molecule has 0 unspecified atom stereocenters. The second-order valence-corrected chi connectivity index (χ2v) is 12.7. The minimum atomic E-state index is -4.96. The van der Waals surface area contributed by atoms with Crippen LogP contribution in [0.1, 0.15) is 78.6 Å². The molecule has 0 aliphatic heterocycles. The lowest BCUT2D eigenvalue weighted by Gasteiger charge is -2.63. The van der Waals surface area contributed by atoms with Gasteiger partial charge in [-0.1, -0.05) is 20.8 Å². The average molecular weight is 485 g/mol. The predicted molar refractivity (Wildman–Crippen MR) is 115 cm³/mol.